The number of nitrogens with zero attached hydrogens (tertiary/aromatic N) is 2. The average Bonchev–Trinajstić information content (AvgIpc) is 2.32. The van der Waals surface area contributed by atoms with E-state index in [1.165, 1.54) is 0 Å². The molecule has 0 aliphatic rings. The molecule has 0 aliphatic heterocycles. The molecule has 1 amide bonds. The fraction of sp³-hybridized carbons (Fsp3) is 0.583. The van der Waals surface area contributed by atoms with Crippen molar-refractivity contribution in [1.29, 1.82) is 0 Å². The molecule has 1 aromatic rings. The van der Waals surface area contributed by atoms with Crippen molar-refractivity contribution >= 4 is 5.91 Å². The molecule has 0 aromatic carbocycles. The van der Waals surface area contributed by atoms with Gasteiger partial charge in [-0.05, 0) is 33.3 Å². The first-order valence-electron chi connectivity index (χ1n) is 5.75. The van der Waals surface area contributed by atoms with Crippen LogP contribution in [0.2, 0.25) is 0 Å². The third kappa shape index (κ3) is 3.23. The van der Waals surface area contributed by atoms with Gasteiger partial charge in [-0.1, -0.05) is 6.92 Å². The lowest BCUT2D eigenvalue weighted by Crippen LogP contribution is -2.51. The van der Waals surface area contributed by atoms with Crippen molar-refractivity contribution in [1.82, 2.24) is 15.5 Å². The number of amides is 1. The fourth-order valence-electron chi connectivity index (χ4n) is 1.40. The number of aromatic nitrogens is 2. The summed E-state index contributed by atoms with van der Waals surface area (Å²) < 4.78 is 0. The molecule has 0 saturated carbocycles. The summed E-state index contributed by atoms with van der Waals surface area (Å²) in [7, 11) is 0. The Bertz CT molecular complexity index is 413. The molecular formula is C12H20N4O. The van der Waals surface area contributed by atoms with Gasteiger partial charge >= 0.3 is 0 Å². The summed E-state index contributed by atoms with van der Waals surface area (Å²) in [5.41, 5.74) is 7.21. The van der Waals surface area contributed by atoms with Gasteiger partial charge < -0.3 is 11.1 Å². The quantitative estimate of drug-likeness (QED) is 0.815. The van der Waals surface area contributed by atoms with Crippen LogP contribution in [0, 0.1) is 13.8 Å². The van der Waals surface area contributed by atoms with E-state index in [2.05, 4.69) is 15.5 Å². The maximum absolute atomic E-state index is 12.1. The minimum Gasteiger partial charge on any atom is -0.346 e. The van der Waals surface area contributed by atoms with Crippen LogP contribution in [0.25, 0.3) is 0 Å². The highest BCUT2D eigenvalue weighted by Crippen LogP contribution is 2.11. The highest BCUT2D eigenvalue weighted by atomic mass is 16.1. The van der Waals surface area contributed by atoms with Crippen molar-refractivity contribution < 1.29 is 4.79 Å². The third-order valence-corrected chi connectivity index (χ3v) is 2.99. The molecule has 0 radical (unpaired) electrons. The number of nitrogens with one attached hydrogen (secondary N) is 1. The lowest BCUT2D eigenvalue weighted by molar-refractivity contribution is 0.0905. The Morgan fingerprint density at radius 3 is 2.65 bits per heavy atom. The molecule has 0 saturated heterocycles. The van der Waals surface area contributed by atoms with Gasteiger partial charge in [-0.25, -0.2) is 0 Å². The van der Waals surface area contributed by atoms with E-state index in [1.54, 1.807) is 13.0 Å². The van der Waals surface area contributed by atoms with Crippen molar-refractivity contribution in [2.24, 2.45) is 5.73 Å². The second kappa shape index (κ2) is 5.23. The molecule has 3 N–H and O–H groups in total. The van der Waals surface area contributed by atoms with Crippen LogP contribution in [0.1, 0.15) is 42.0 Å². The molecule has 1 unspecified atom stereocenters. The largest absolute Gasteiger partial charge is 0.346 e. The first kappa shape index (κ1) is 13.6. The maximum Gasteiger partial charge on any atom is 0.253 e. The molecule has 0 fully saturated rings. The van der Waals surface area contributed by atoms with Crippen molar-refractivity contribution in [3.8, 4) is 0 Å². The van der Waals surface area contributed by atoms with Crippen LogP contribution in [0.15, 0.2) is 6.07 Å². The first-order chi connectivity index (χ1) is 7.91. The molecule has 1 aromatic heterocycles. The van der Waals surface area contributed by atoms with Gasteiger partial charge in [-0.3, -0.25) is 4.79 Å². The number of hydrogen-bond acceptors (Lipinski definition) is 4. The topological polar surface area (TPSA) is 80.9 Å². The SMILES string of the molecule is CCC(C)(CN)NC(=O)c1cc(C)nnc1C. The van der Waals surface area contributed by atoms with E-state index < -0.39 is 0 Å². The Morgan fingerprint density at radius 1 is 1.47 bits per heavy atom. The molecule has 0 spiro atoms. The molecule has 1 rings (SSSR count). The summed E-state index contributed by atoms with van der Waals surface area (Å²) >= 11 is 0. The number of aryl methyl sites for hydroxylation is 2. The van der Waals surface area contributed by atoms with Crippen molar-refractivity contribution in [2.75, 3.05) is 6.54 Å². The van der Waals surface area contributed by atoms with E-state index in [0.29, 0.717) is 17.8 Å². The van der Waals surface area contributed by atoms with Crippen LogP contribution in [0.5, 0.6) is 0 Å². The van der Waals surface area contributed by atoms with Gasteiger partial charge in [0.05, 0.1) is 17.0 Å². The average molecular weight is 236 g/mol. The number of rotatable bonds is 4. The van der Waals surface area contributed by atoms with E-state index in [0.717, 1.165) is 12.1 Å². The lowest BCUT2D eigenvalue weighted by atomic mass is 9.98. The van der Waals surface area contributed by atoms with E-state index >= 15 is 0 Å². The second-order valence-electron chi connectivity index (χ2n) is 4.56. The van der Waals surface area contributed by atoms with Gasteiger partial charge in [0, 0.05) is 12.1 Å². The van der Waals surface area contributed by atoms with Crippen LogP contribution in [-0.4, -0.2) is 28.2 Å². The molecule has 5 heteroatoms. The zero-order chi connectivity index (χ0) is 13.1. The summed E-state index contributed by atoms with van der Waals surface area (Å²) in [6, 6.07) is 1.74. The zero-order valence-electron chi connectivity index (χ0n) is 10.9. The molecule has 0 aliphatic carbocycles. The Morgan fingerprint density at radius 2 is 2.12 bits per heavy atom. The van der Waals surface area contributed by atoms with Crippen molar-refractivity contribution in [2.45, 2.75) is 39.7 Å². The summed E-state index contributed by atoms with van der Waals surface area (Å²) in [4.78, 5) is 12.1. The van der Waals surface area contributed by atoms with Crippen molar-refractivity contribution in [3.05, 3.63) is 23.0 Å². The molecule has 94 valence electrons. The van der Waals surface area contributed by atoms with Crippen LogP contribution in [-0.2, 0) is 0 Å². The van der Waals surface area contributed by atoms with E-state index in [9.17, 15) is 4.79 Å². The summed E-state index contributed by atoms with van der Waals surface area (Å²) in [5, 5.41) is 10.8. The normalized spacial score (nSPS) is 14.2. The number of nitrogens with two attached hydrogens (primary N) is 1. The molecule has 5 nitrogen and oxygen atoms in total. The first-order valence-corrected chi connectivity index (χ1v) is 5.75. The molecule has 0 bridgehead atoms. The minimum atomic E-state index is -0.374. The Balaban J connectivity index is 2.94. The molecule has 1 atom stereocenters. The van der Waals surface area contributed by atoms with Gasteiger partial charge in [0.1, 0.15) is 0 Å². The van der Waals surface area contributed by atoms with Crippen molar-refractivity contribution in [3.63, 3.8) is 0 Å². The fourth-order valence-corrected chi connectivity index (χ4v) is 1.40. The standard InChI is InChI=1S/C12H20N4O/c1-5-12(4,7-13)14-11(17)10-6-8(2)15-16-9(10)3/h6H,5,7,13H2,1-4H3,(H,14,17). The van der Waals surface area contributed by atoms with Crippen LogP contribution in [0.4, 0.5) is 0 Å². The van der Waals surface area contributed by atoms with Crippen LogP contribution in [0.3, 0.4) is 0 Å². The van der Waals surface area contributed by atoms with Gasteiger partial charge in [0.25, 0.3) is 5.91 Å². The van der Waals surface area contributed by atoms with E-state index in [-0.39, 0.29) is 11.4 Å². The summed E-state index contributed by atoms with van der Waals surface area (Å²) in [6.07, 6.45) is 0.784. The minimum absolute atomic E-state index is 0.143. The van der Waals surface area contributed by atoms with E-state index in [1.807, 2.05) is 20.8 Å². The summed E-state index contributed by atoms with van der Waals surface area (Å²) in [5.74, 6) is -0.143. The maximum atomic E-state index is 12.1. The van der Waals surface area contributed by atoms with Gasteiger partial charge in [0.2, 0.25) is 0 Å². The number of carbonyl (C=O) groups excluding carboxylic acids is 1. The molecule has 17 heavy (non-hydrogen) atoms. The molecular weight excluding hydrogens is 216 g/mol. The predicted octanol–water partition coefficient (Wildman–Crippen LogP) is 0.951. The van der Waals surface area contributed by atoms with Crippen LogP contribution < -0.4 is 11.1 Å². The number of carbonyl (C=O) groups is 1. The van der Waals surface area contributed by atoms with E-state index in [4.69, 9.17) is 5.73 Å². The Hall–Kier alpha value is -1.49. The monoisotopic (exact) mass is 236 g/mol. The second-order valence-corrected chi connectivity index (χ2v) is 4.56. The highest BCUT2D eigenvalue weighted by Gasteiger charge is 2.24. The summed E-state index contributed by atoms with van der Waals surface area (Å²) in [6.45, 7) is 7.92. The Labute approximate surface area is 102 Å². The van der Waals surface area contributed by atoms with Gasteiger partial charge in [0.15, 0.2) is 0 Å². The molecule has 1 heterocycles. The van der Waals surface area contributed by atoms with Gasteiger partial charge in [-0.15, -0.1) is 0 Å². The van der Waals surface area contributed by atoms with Crippen LogP contribution >= 0.6 is 0 Å². The lowest BCUT2D eigenvalue weighted by Gasteiger charge is -2.28. The Kier molecular flexibility index (Phi) is 4.17. The number of hydrogen-bond donors (Lipinski definition) is 2. The smallest absolute Gasteiger partial charge is 0.253 e. The highest BCUT2D eigenvalue weighted by molar-refractivity contribution is 5.95. The third-order valence-electron chi connectivity index (χ3n) is 2.99. The zero-order valence-corrected chi connectivity index (χ0v) is 10.9. The van der Waals surface area contributed by atoms with Gasteiger partial charge in [-0.2, -0.15) is 10.2 Å². The predicted molar refractivity (Wildman–Crippen MR) is 66.7 cm³/mol.